The number of benzene rings is 2. The van der Waals surface area contributed by atoms with E-state index in [1.807, 2.05) is 0 Å². The minimum atomic E-state index is -4.75. The predicted molar refractivity (Wildman–Crippen MR) is 97.2 cm³/mol. The second-order valence-electron chi connectivity index (χ2n) is 5.62. The highest BCUT2D eigenvalue weighted by Crippen LogP contribution is 2.34. The van der Waals surface area contributed by atoms with Crippen LogP contribution in [-0.4, -0.2) is 29.3 Å². The van der Waals surface area contributed by atoms with Crippen LogP contribution >= 0.6 is 11.6 Å². The lowest BCUT2D eigenvalue weighted by Crippen LogP contribution is -2.20. The van der Waals surface area contributed by atoms with Crippen molar-refractivity contribution in [2.45, 2.75) is 12.6 Å². The summed E-state index contributed by atoms with van der Waals surface area (Å²) in [4.78, 5) is 22.0. The number of amides is 1. The topological polar surface area (TPSA) is 114 Å². The Morgan fingerprint density at radius 2 is 2.07 bits per heavy atom. The smallest absolute Gasteiger partial charge is 0.416 e. The second kappa shape index (κ2) is 8.78. The molecule has 0 spiro atoms. The van der Waals surface area contributed by atoms with Crippen LogP contribution in [0.5, 0.6) is 11.5 Å². The first-order valence-electron chi connectivity index (χ1n) is 7.76. The van der Waals surface area contributed by atoms with Gasteiger partial charge in [0, 0.05) is 11.6 Å². The van der Waals surface area contributed by atoms with Gasteiger partial charge in [0.25, 0.3) is 5.69 Å². The molecule has 0 aliphatic rings. The number of aromatic hydroxyl groups is 1. The number of ether oxygens (including phenoxy) is 1. The third-order valence-corrected chi connectivity index (χ3v) is 3.92. The van der Waals surface area contributed by atoms with Crippen molar-refractivity contribution in [1.82, 2.24) is 5.43 Å². The van der Waals surface area contributed by atoms with Gasteiger partial charge >= 0.3 is 6.18 Å². The summed E-state index contributed by atoms with van der Waals surface area (Å²) >= 11 is 5.82. The Morgan fingerprint density at radius 1 is 1.38 bits per heavy atom. The number of hydrogen-bond donors (Lipinski definition) is 2. The highest BCUT2D eigenvalue weighted by atomic mass is 35.5. The van der Waals surface area contributed by atoms with Gasteiger partial charge in [-0.05, 0) is 23.8 Å². The molecule has 2 aromatic rings. The van der Waals surface area contributed by atoms with Gasteiger partial charge in [-0.2, -0.15) is 18.3 Å². The number of carbonyl (C=O) groups is 1. The number of phenolic OH excluding ortho intramolecular Hbond substituents is 1. The number of hydrogen-bond acceptors (Lipinski definition) is 6. The summed E-state index contributed by atoms with van der Waals surface area (Å²) in [6, 6.07) is 4.63. The molecule has 0 saturated heterocycles. The summed E-state index contributed by atoms with van der Waals surface area (Å²) in [5.41, 5.74) is 0.249. The van der Waals surface area contributed by atoms with E-state index in [0.29, 0.717) is 17.7 Å². The Labute approximate surface area is 166 Å². The van der Waals surface area contributed by atoms with Crippen molar-refractivity contribution in [3.05, 3.63) is 62.2 Å². The normalized spacial score (nSPS) is 11.5. The van der Waals surface area contributed by atoms with E-state index in [-0.39, 0.29) is 22.1 Å². The molecule has 2 N–H and O–H groups in total. The highest BCUT2D eigenvalue weighted by Gasteiger charge is 2.33. The van der Waals surface area contributed by atoms with Crippen molar-refractivity contribution in [3.63, 3.8) is 0 Å². The van der Waals surface area contributed by atoms with Crippen LogP contribution in [0, 0.1) is 10.1 Å². The van der Waals surface area contributed by atoms with Crippen LogP contribution < -0.4 is 10.2 Å². The number of halogens is 4. The molecular formula is C17H13ClF3N3O5. The van der Waals surface area contributed by atoms with E-state index in [4.69, 9.17) is 16.3 Å². The van der Waals surface area contributed by atoms with E-state index in [1.165, 1.54) is 25.5 Å². The monoisotopic (exact) mass is 431 g/mol. The fourth-order valence-electron chi connectivity index (χ4n) is 2.27. The molecule has 8 nitrogen and oxygen atoms in total. The molecule has 154 valence electrons. The van der Waals surface area contributed by atoms with Gasteiger partial charge in [0.1, 0.15) is 0 Å². The van der Waals surface area contributed by atoms with Crippen LogP contribution in [0.15, 0.2) is 35.4 Å². The summed E-state index contributed by atoms with van der Waals surface area (Å²) in [6.45, 7) is 0. The number of rotatable bonds is 6. The quantitative estimate of drug-likeness (QED) is 0.411. The molecule has 29 heavy (non-hydrogen) atoms. The molecule has 0 aliphatic carbocycles. The minimum Gasteiger partial charge on any atom is -0.503 e. The molecule has 0 bridgehead atoms. The Balaban J connectivity index is 2.12. The Bertz CT molecular complexity index is 980. The first-order valence-corrected chi connectivity index (χ1v) is 8.13. The largest absolute Gasteiger partial charge is 0.503 e. The molecule has 0 heterocycles. The number of nitro benzene ring substituents is 1. The summed E-state index contributed by atoms with van der Waals surface area (Å²) in [6.07, 6.45) is -4.14. The third-order valence-electron chi connectivity index (χ3n) is 3.63. The second-order valence-corrected chi connectivity index (χ2v) is 6.03. The molecule has 0 aromatic heterocycles. The molecule has 2 rings (SSSR count). The molecule has 0 aliphatic heterocycles. The van der Waals surface area contributed by atoms with Crippen LogP contribution in [-0.2, 0) is 17.4 Å². The predicted octanol–water partition coefficient (Wildman–Crippen LogP) is 3.67. The van der Waals surface area contributed by atoms with Crippen molar-refractivity contribution in [3.8, 4) is 11.5 Å². The van der Waals surface area contributed by atoms with E-state index >= 15 is 0 Å². The Kier molecular flexibility index (Phi) is 6.64. The minimum absolute atomic E-state index is 0.0162. The number of alkyl halides is 3. The first kappa shape index (κ1) is 22.0. The van der Waals surface area contributed by atoms with Gasteiger partial charge in [-0.3, -0.25) is 14.9 Å². The van der Waals surface area contributed by atoms with Crippen molar-refractivity contribution in [1.29, 1.82) is 0 Å². The Morgan fingerprint density at radius 3 is 2.66 bits per heavy atom. The fraction of sp³-hybridized carbons (Fsp3) is 0.176. The van der Waals surface area contributed by atoms with Gasteiger partial charge in [-0.1, -0.05) is 17.7 Å². The van der Waals surface area contributed by atoms with Crippen molar-refractivity contribution >= 4 is 29.4 Å². The van der Waals surface area contributed by atoms with Gasteiger partial charge in [0.2, 0.25) is 5.91 Å². The number of nitrogens with zero attached hydrogens (tertiary/aromatic N) is 2. The van der Waals surface area contributed by atoms with Crippen molar-refractivity contribution in [2.75, 3.05) is 7.11 Å². The van der Waals surface area contributed by atoms with Crippen molar-refractivity contribution < 1.29 is 32.7 Å². The van der Waals surface area contributed by atoms with E-state index in [1.54, 1.807) is 0 Å². The third kappa shape index (κ3) is 5.57. The van der Waals surface area contributed by atoms with Gasteiger partial charge in [0.05, 0.1) is 35.3 Å². The van der Waals surface area contributed by atoms with E-state index < -0.39 is 34.7 Å². The summed E-state index contributed by atoms with van der Waals surface area (Å²) in [7, 11) is 1.31. The summed E-state index contributed by atoms with van der Waals surface area (Å²) in [5, 5.41) is 24.3. The lowest BCUT2D eigenvalue weighted by molar-refractivity contribution is -0.385. The summed E-state index contributed by atoms with van der Waals surface area (Å²) < 4.78 is 43.0. The van der Waals surface area contributed by atoms with Gasteiger partial charge in [0.15, 0.2) is 11.5 Å². The lowest BCUT2D eigenvalue weighted by Gasteiger charge is -2.08. The van der Waals surface area contributed by atoms with Crippen LogP contribution in [0.3, 0.4) is 0 Å². The van der Waals surface area contributed by atoms with Gasteiger partial charge < -0.3 is 9.84 Å². The molecule has 0 radical (unpaired) electrons. The van der Waals surface area contributed by atoms with E-state index in [9.17, 15) is 33.2 Å². The van der Waals surface area contributed by atoms with Crippen molar-refractivity contribution in [2.24, 2.45) is 5.10 Å². The molecule has 0 fully saturated rings. The molecular weight excluding hydrogens is 419 g/mol. The maximum absolute atomic E-state index is 12.7. The number of nitrogens with one attached hydrogen (secondary N) is 1. The van der Waals surface area contributed by atoms with Gasteiger partial charge in [-0.25, -0.2) is 5.43 Å². The van der Waals surface area contributed by atoms with E-state index in [0.717, 1.165) is 6.07 Å². The molecule has 0 saturated carbocycles. The maximum atomic E-state index is 12.7. The number of carbonyl (C=O) groups excluding carboxylic acids is 1. The lowest BCUT2D eigenvalue weighted by atomic mass is 10.1. The average molecular weight is 432 g/mol. The number of methoxy groups -OCH3 is 1. The first-order chi connectivity index (χ1) is 13.5. The SMILES string of the molecule is COc1cc(C=NNC(=O)Cc2ccc(C(F)(F)F)cc2[N+](=O)[O-])cc(Cl)c1O. The standard InChI is InChI=1S/C17H13ClF3N3O5/c1-29-14-5-9(4-12(18)16(14)26)8-22-23-15(25)6-10-2-3-11(17(19,20)21)7-13(10)24(27)28/h2-5,7-8,26H,6H2,1H3,(H,23,25). The molecule has 1 amide bonds. The number of nitro groups is 1. The molecule has 12 heteroatoms. The van der Waals surface area contributed by atoms with Crippen LogP contribution in [0.1, 0.15) is 16.7 Å². The van der Waals surface area contributed by atoms with Gasteiger partial charge in [-0.15, -0.1) is 0 Å². The maximum Gasteiger partial charge on any atom is 0.416 e. The van der Waals surface area contributed by atoms with Crippen LogP contribution in [0.2, 0.25) is 5.02 Å². The summed E-state index contributed by atoms with van der Waals surface area (Å²) in [5.74, 6) is -0.989. The molecule has 0 atom stereocenters. The number of hydrazone groups is 1. The number of phenols is 1. The zero-order chi connectivity index (χ0) is 21.8. The average Bonchev–Trinajstić information content (AvgIpc) is 2.63. The zero-order valence-corrected chi connectivity index (χ0v) is 15.4. The van der Waals surface area contributed by atoms with Crippen LogP contribution in [0.25, 0.3) is 0 Å². The molecule has 0 unspecified atom stereocenters. The molecule has 2 aromatic carbocycles. The zero-order valence-electron chi connectivity index (χ0n) is 14.7. The fourth-order valence-corrected chi connectivity index (χ4v) is 2.49. The van der Waals surface area contributed by atoms with Crippen LogP contribution in [0.4, 0.5) is 18.9 Å². The highest BCUT2D eigenvalue weighted by molar-refractivity contribution is 6.32. The Hall–Kier alpha value is -3.34. The van der Waals surface area contributed by atoms with E-state index in [2.05, 4.69) is 10.5 Å².